The van der Waals surface area contributed by atoms with Crippen LogP contribution in [-0.2, 0) is 23.1 Å². The predicted octanol–water partition coefficient (Wildman–Crippen LogP) is 1.69. The molecule has 0 unspecified atom stereocenters. The van der Waals surface area contributed by atoms with Gasteiger partial charge < -0.3 is 4.74 Å². The van der Waals surface area contributed by atoms with Crippen LogP contribution in [0.15, 0.2) is 38.3 Å². The molecule has 0 fully saturated rings. The van der Waals surface area contributed by atoms with Crippen molar-refractivity contribution >= 4 is 38.8 Å². The third-order valence-electron chi connectivity index (χ3n) is 5.12. The highest BCUT2D eigenvalue weighted by Crippen LogP contribution is 2.25. The fourth-order valence-corrected chi connectivity index (χ4v) is 3.75. The van der Waals surface area contributed by atoms with Crippen molar-refractivity contribution in [2.24, 2.45) is 7.05 Å². The van der Waals surface area contributed by atoms with Gasteiger partial charge in [0.25, 0.3) is 5.56 Å². The van der Waals surface area contributed by atoms with E-state index in [0.717, 1.165) is 26.1 Å². The van der Waals surface area contributed by atoms with E-state index in [1.54, 1.807) is 4.40 Å². The first-order chi connectivity index (χ1) is 13.8. The number of aromatic nitrogens is 5. The summed E-state index contributed by atoms with van der Waals surface area (Å²) in [5.74, 6) is -0.162. The van der Waals surface area contributed by atoms with E-state index in [0.29, 0.717) is 5.78 Å². The van der Waals surface area contributed by atoms with E-state index in [2.05, 4.69) is 25.7 Å². The Hall–Kier alpha value is -3.14. The average molecular weight is 460 g/mol. The van der Waals surface area contributed by atoms with Gasteiger partial charge in [-0.1, -0.05) is 15.9 Å². The maximum Gasteiger partial charge on any atom is 0.333 e. The quantitative estimate of drug-likeness (QED) is 0.434. The molecule has 10 heteroatoms. The second-order valence-corrected chi connectivity index (χ2v) is 7.63. The van der Waals surface area contributed by atoms with Crippen molar-refractivity contribution in [3.05, 3.63) is 61.0 Å². The summed E-state index contributed by atoms with van der Waals surface area (Å²) < 4.78 is 11.4. The standard InChI is InChI=1S/C19H18BrN5O4/c1-10-11(2)25-15-16(21-18(25)24(10)13-7-5-12(20)6-8-13)22(3)19(28)23(17(15)27)9-14(26)29-4/h5-8H,9H2,1-4H3. The first-order valence-corrected chi connectivity index (χ1v) is 9.58. The number of methoxy groups -OCH3 is 1. The third-order valence-corrected chi connectivity index (χ3v) is 5.65. The van der Waals surface area contributed by atoms with Crippen molar-refractivity contribution in [2.45, 2.75) is 20.4 Å². The lowest BCUT2D eigenvalue weighted by molar-refractivity contribution is -0.141. The van der Waals surface area contributed by atoms with Crippen LogP contribution in [-0.4, -0.2) is 36.2 Å². The Morgan fingerprint density at radius 1 is 1.14 bits per heavy atom. The van der Waals surface area contributed by atoms with Crippen LogP contribution in [0.3, 0.4) is 0 Å². The number of hydrogen-bond donors (Lipinski definition) is 0. The number of hydrogen-bond acceptors (Lipinski definition) is 5. The molecule has 0 atom stereocenters. The molecule has 3 heterocycles. The number of esters is 1. The van der Waals surface area contributed by atoms with Gasteiger partial charge in [-0.15, -0.1) is 0 Å². The molecular formula is C19H18BrN5O4. The van der Waals surface area contributed by atoms with Gasteiger partial charge in [-0.2, -0.15) is 4.98 Å². The van der Waals surface area contributed by atoms with Crippen LogP contribution in [0.2, 0.25) is 0 Å². The number of carbonyl (C=O) groups excluding carboxylic acids is 1. The highest BCUT2D eigenvalue weighted by Gasteiger charge is 2.23. The monoisotopic (exact) mass is 459 g/mol. The summed E-state index contributed by atoms with van der Waals surface area (Å²) in [6, 6.07) is 7.71. The first-order valence-electron chi connectivity index (χ1n) is 8.79. The lowest BCUT2D eigenvalue weighted by Gasteiger charge is -2.08. The molecule has 1 aromatic carbocycles. The lowest BCUT2D eigenvalue weighted by atomic mass is 10.3. The van der Waals surface area contributed by atoms with Crippen molar-refractivity contribution in [3.8, 4) is 5.69 Å². The molecule has 0 radical (unpaired) electrons. The first kappa shape index (κ1) is 19.2. The zero-order chi connectivity index (χ0) is 21.0. The second-order valence-electron chi connectivity index (χ2n) is 6.71. The van der Waals surface area contributed by atoms with Crippen LogP contribution in [0.4, 0.5) is 0 Å². The maximum absolute atomic E-state index is 13.1. The zero-order valence-electron chi connectivity index (χ0n) is 16.3. The number of nitrogens with zero attached hydrogens (tertiary/aromatic N) is 5. The molecule has 0 saturated carbocycles. The van der Waals surface area contributed by atoms with Crippen molar-refractivity contribution in [3.63, 3.8) is 0 Å². The Labute approximate surface area is 172 Å². The largest absolute Gasteiger partial charge is 0.468 e. The summed E-state index contributed by atoms with van der Waals surface area (Å²) in [5.41, 5.74) is 1.87. The van der Waals surface area contributed by atoms with Crippen LogP contribution in [0.1, 0.15) is 11.4 Å². The average Bonchev–Trinajstić information content (AvgIpc) is 3.20. The fourth-order valence-electron chi connectivity index (χ4n) is 3.48. The van der Waals surface area contributed by atoms with Crippen LogP contribution in [0.25, 0.3) is 22.6 Å². The molecule has 0 spiro atoms. The Bertz CT molecular complexity index is 1410. The Morgan fingerprint density at radius 3 is 2.41 bits per heavy atom. The number of ether oxygens (including phenoxy) is 1. The molecule has 0 aliphatic rings. The smallest absolute Gasteiger partial charge is 0.333 e. The molecule has 0 amide bonds. The molecule has 4 rings (SSSR count). The van der Waals surface area contributed by atoms with Crippen LogP contribution in [0, 0.1) is 13.8 Å². The van der Waals surface area contributed by atoms with Gasteiger partial charge >= 0.3 is 11.7 Å². The Balaban J connectivity index is 2.13. The number of halogens is 1. The molecular weight excluding hydrogens is 442 g/mol. The molecule has 0 N–H and O–H groups in total. The molecule has 0 aliphatic heterocycles. The SMILES string of the molecule is COC(=O)Cn1c(=O)c2c(nc3n(-c4ccc(Br)cc4)c(C)c(C)n23)n(C)c1=O. The van der Waals surface area contributed by atoms with Crippen molar-refractivity contribution in [2.75, 3.05) is 7.11 Å². The van der Waals surface area contributed by atoms with E-state index in [1.807, 2.05) is 42.7 Å². The summed E-state index contributed by atoms with van der Waals surface area (Å²) >= 11 is 3.43. The fraction of sp³-hybridized carbons (Fsp3) is 0.263. The number of benzene rings is 1. The highest BCUT2D eigenvalue weighted by molar-refractivity contribution is 9.10. The minimum absolute atomic E-state index is 0.238. The van der Waals surface area contributed by atoms with E-state index in [1.165, 1.54) is 18.7 Å². The van der Waals surface area contributed by atoms with E-state index < -0.39 is 23.8 Å². The number of imidazole rings is 2. The summed E-state index contributed by atoms with van der Waals surface area (Å²) in [5, 5.41) is 0. The summed E-state index contributed by atoms with van der Waals surface area (Å²) in [4.78, 5) is 42.1. The zero-order valence-corrected chi connectivity index (χ0v) is 17.8. The number of aryl methyl sites for hydroxylation is 2. The number of fused-ring (bicyclic) bond motifs is 3. The van der Waals surface area contributed by atoms with Crippen molar-refractivity contribution in [1.29, 1.82) is 0 Å². The molecule has 0 saturated heterocycles. The topological polar surface area (TPSA) is 92.5 Å². The van der Waals surface area contributed by atoms with Crippen LogP contribution < -0.4 is 11.2 Å². The number of rotatable bonds is 3. The van der Waals surface area contributed by atoms with Gasteiger partial charge in [0.05, 0.1) is 7.11 Å². The van der Waals surface area contributed by atoms with E-state index >= 15 is 0 Å². The van der Waals surface area contributed by atoms with Crippen LogP contribution in [0.5, 0.6) is 0 Å². The van der Waals surface area contributed by atoms with E-state index in [-0.39, 0.29) is 11.2 Å². The van der Waals surface area contributed by atoms with E-state index in [9.17, 15) is 14.4 Å². The molecule has 29 heavy (non-hydrogen) atoms. The summed E-state index contributed by atoms with van der Waals surface area (Å²) in [7, 11) is 2.73. The Kier molecular flexibility index (Phi) is 4.45. The van der Waals surface area contributed by atoms with Crippen LogP contribution >= 0.6 is 15.9 Å². The lowest BCUT2D eigenvalue weighted by Crippen LogP contribution is -2.41. The highest BCUT2D eigenvalue weighted by atomic mass is 79.9. The van der Waals surface area contributed by atoms with Gasteiger partial charge in [0.2, 0.25) is 5.78 Å². The Morgan fingerprint density at radius 2 is 1.79 bits per heavy atom. The van der Waals surface area contributed by atoms with Gasteiger partial charge in [0.15, 0.2) is 11.2 Å². The predicted molar refractivity (Wildman–Crippen MR) is 111 cm³/mol. The third kappa shape index (κ3) is 2.74. The van der Waals surface area contributed by atoms with Crippen molar-refractivity contribution in [1.82, 2.24) is 23.1 Å². The number of carbonyl (C=O) groups is 1. The molecule has 9 nitrogen and oxygen atoms in total. The molecule has 3 aromatic heterocycles. The van der Waals surface area contributed by atoms with E-state index in [4.69, 9.17) is 0 Å². The minimum atomic E-state index is -0.676. The molecule has 0 aliphatic carbocycles. The molecule has 150 valence electrons. The minimum Gasteiger partial charge on any atom is -0.468 e. The summed E-state index contributed by atoms with van der Waals surface area (Å²) in [6.07, 6.45) is 0. The maximum atomic E-state index is 13.1. The molecule has 4 aromatic rings. The molecule has 0 bridgehead atoms. The van der Waals surface area contributed by atoms with Gasteiger partial charge in [-0.3, -0.25) is 23.1 Å². The van der Waals surface area contributed by atoms with Gasteiger partial charge in [0, 0.05) is 28.6 Å². The second kappa shape index (κ2) is 6.73. The van der Waals surface area contributed by atoms with Gasteiger partial charge in [0.1, 0.15) is 6.54 Å². The normalized spacial score (nSPS) is 11.5. The van der Waals surface area contributed by atoms with Crippen molar-refractivity contribution < 1.29 is 9.53 Å². The van der Waals surface area contributed by atoms with Gasteiger partial charge in [-0.05, 0) is 38.1 Å². The summed E-state index contributed by atoms with van der Waals surface area (Å²) in [6.45, 7) is 3.36. The van der Waals surface area contributed by atoms with Gasteiger partial charge in [-0.25, -0.2) is 9.36 Å².